The highest BCUT2D eigenvalue weighted by atomic mass is 14.3. The first-order valence-electron chi connectivity index (χ1n) is 9.62. The molecule has 1 saturated carbocycles. The second-order valence-electron chi connectivity index (χ2n) is 7.53. The van der Waals surface area contributed by atoms with Crippen LogP contribution in [-0.2, 0) is 0 Å². The van der Waals surface area contributed by atoms with Gasteiger partial charge in [-0.3, -0.25) is 0 Å². The summed E-state index contributed by atoms with van der Waals surface area (Å²) in [6.07, 6.45) is 24.4. The third kappa shape index (κ3) is 5.64. The molecule has 0 saturated heterocycles. The molecule has 21 heavy (non-hydrogen) atoms. The second kappa shape index (κ2) is 9.49. The van der Waals surface area contributed by atoms with Crippen LogP contribution in [0.1, 0.15) is 84.0 Å². The molecule has 0 heteroatoms. The second-order valence-corrected chi connectivity index (χ2v) is 7.53. The normalized spacial score (nSPS) is 33.0. The summed E-state index contributed by atoms with van der Waals surface area (Å²) in [6.45, 7) is 6.16. The first-order valence-corrected chi connectivity index (χ1v) is 9.62. The van der Waals surface area contributed by atoms with Gasteiger partial charge < -0.3 is 0 Å². The standard InChI is InChI=1S/C21H36/c1-3-5-7-9-19-12-16-21(17-13-19)20-14-10-18(11-15-20)8-6-4-2/h4,10,14,18-21H,2-3,5-9,11-13,15-17H2,1H3. The van der Waals surface area contributed by atoms with Gasteiger partial charge in [0.05, 0.1) is 0 Å². The average Bonchev–Trinajstić information content (AvgIpc) is 2.54. The van der Waals surface area contributed by atoms with Crippen LogP contribution in [0, 0.1) is 23.7 Å². The molecule has 2 aliphatic carbocycles. The molecule has 0 amide bonds. The van der Waals surface area contributed by atoms with Crippen molar-refractivity contribution < 1.29 is 0 Å². The Hall–Kier alpha value is -0.520. The molecule has 1 fully saturated rings. The van der Waals surface area contributed by atoms with E-state index in [9.17, 15) is 0 Å². The van der Waals surface area contributed by atoms with Gasteiger partial charge in [-0.15, -0.1) is 6.58 Å². The number of hydrogen-bond acceptors (Lipinski definition) is 0. The highest BCUT2D eigenvalue weighted by Gasteiger charge is 2.27. The van der Waals surface area contributed by atoms with Gasteiger partial charge in [0.25, 0.3) is 0 Å². The van der Waals surface area contributed by atoms with Gasteiger partial charge in [0.1, 0.15) is 0 Å². The van der Waals surface area contributed by atoms with Crippen LogP contribution in [0.15, 0.2) is 24.8 Å². The predicted octanol–water partition coefficient (Wildman–Crippen LogP) is 6.92. The van der Waals surface area contributed by atoms with E-state index in [0.717, 1.165) is 23.7 Å². The van der Waals surface area contributed by atoms with Crippen molar-refractivity contribution in [3.05, 3.63) is 24.8 Å². The lowest BCUT2D eigenvalue weighted by atomic mass is 9.71. The Labute approximate surface area is 133 Å². The van der Waals surface area contributed by atoms with Gasteiger partial charge >= 0.3 is 0 Å². The molecule has 0 aromatic rings. The van der Waals surface area contributed by atoms with Gasteiger partial charge in [-0.25, -0.2) is 0 Å². The van der Waals surface area contributed by atoms with Crippen LogP contribution >= 0.6 is 0 Å². The molecule has 0 nitrogen and oxygen atoms in total. The lowest BCUT2D eigenvalue weighted by Crippen LogP contribution is -2.23. The molecule has 2 aliphatic rings. The molecular weight excluding hydrogens is 252 g/mol. The van der Waals surface area contributed by atoms with Gasteiger partial charge in [0.2, 0.25) is 0 Å². The summed E-state index contributed by atoms with van der Waals surface area (Å²) >= 11 is 0. The molecule has 2 atom stereocenters. The molecule has 120 valence electrons. The van der Waals surface area contributed by atoms with Crippen molar-refractivity contribution in [3.63, 3.8) is 0 Å². The summed E-state index contributed by atoms with van der Waals surface area (Å²) in [5, 5.41) is 0. The smallest absolute Gasteiger partial charge is 0.0205 e. The maximum atomic E-state index is 3.84. The molecule has 0 spiro atoms. The lowest BCUT2D eigenvalue weighted by molar-refractivity contribution is 0.203. The van der Waals surface area contributed by atoms with Crippen molar-refractivity contribution in [1.29, 1.82) is 0 Å². The van der Waals surface area contributed by atoms with Crippen molar-refractivity contribution in [1.82, 2.24) is 0 Å². The average molecular weight is 289 g/mol. The first kappa shape index (κ1) is 16.8. The molecule has 0 heterocycles. The molecule has 0 radical (unpaired) electrons. The van der Waals surface area contributed by atoms with E-state index in [0.29, 0.717) is 0 Å². The third-order valence-electron chi connectivity index (χ3n) is 5.96. The van der Waals surface area contributed by atoms with Crippen LogP contribution < -0.4 is 0 Å². The van der Waals surface area contributed by atoms with Gasteiger partial charge in [0.15, 0.2) is 0 Å². The van der Waals surface area contributed by atoms with E-state index in [1.807, 2.05) is 0 Å². The summed E-state index contributed by atoms with van der Waals surface area (Å²) in [5.74, 6) is 3.80. The van der Waals surface area contributed by atoms with E-state index < -0.39 is 0 Å². The fourth-order valence-electron chi connectivity index (χ4n) is 4.45. The molecule has 0 aromatic heterocycles. The fourth-order valence-corrected chi connectivity index (χ4v) is 4.45. The Kier molecular flexibility index (Phi) is 7.61. The molecule has 0 N–H and O–H groups in total. The summed E-state index contributed by atoms with van der Waals surface area (Å²) in [6, 6.07) is 0. The Bertz CT molecular complexity index is 306. The van der Waals surface area contributed by atoms with Crippen LogP contribution in [0.25, 0.3) is 0 Å². The van der Waals surface area contributed by atoms with Gasteiger partial charge in [0, 0.05) is 0 Å². The van der Waals surface area contributed by atoms with Crippen LogP contribution in [-0.4, -0.2) is 0 Å². The van der Waals surface area contributed by atoms with Crippen molar-refractivity contribution in [2.24, 2.45) is 23.7 Å². The van der Waals surface area contributed by atoms with Crippen LogP contribution in [0.4, 0.5) is 0 Å². The third-order valence-corrected chi connectivity index (χ3v) is 5.96. The Balaban J connectivity index is 1.67. The van der Waals surface area contributed by atoms with Crippen molar-refractivity contribution in [3.8, 4) is 0 Å². The molecule has 2 rings (SSSR count). The van der Waals surface area contributed by atoms with E-state index in [1.54, 1.807) is 0 Å². The molecular formula is C21H36. The number of hydrogen-bond donors (Lipinski definition) is 0. The topological polar surface area (TPSA) is 0 Å². The number of rotatable bonds is 8. The van der Waals surface area contributed by atoms with E-state index in [-0.39, 0.29) is 0 Å². The summed E-state index contributed by atoms with van der Waals surface area (Å²) in [4.78, 5) is 0. The number of unbranched alkanes of at least 4 members (excludes halogenated alkanes) is 2. The van der Waals surface area contributed by atoms with Crippen molar-refractivity contribution in [2.45, 2.75) is 84.0 Å². The van der Waals surface area contributed by atoms with Crippen LogP contribution in [0.2, 0.25) is 0 Å². The van der Waals surface area contributed by atoms with Crippen molar-refractivity contribution >= 4 is 0 Å². The highest BCUT2D eigenvalue weighted by molar-refractivity contribution is 5.01. The minimum atomic E-state index is 0.838. The zero-order chi connectivity index (χ0) is 14.9. The van der Waals surface area contributed by atoms with E-state index in [4.69, 9.17) is 0 Å². The van der Waals surface area contributed by atoms with Crippen LogP contribution in [0.3, 0.4) is 0 Å². The summed E-state index contributed by atoms with van der Waals surface area (Å²) in [5.41, 5.74) is 0. The van der Waals surface area contributed by atoms with Gasteiger partial charge in [-0.05, 0) is 62.2 Å². The minimum Gasteiger partial charge on any atom is -0.103 e. The largest absolute Gasteiger partial charge is 0.103 e. The SMILES string of the molecule is C=CCCC1C=CC(C2CCC(CCCCC)CC2)CC1. The zero-order valence-corrected chi connectivity index (χ0v) is 14.2. The Morgan fingerprint density at radius 3 is 2.38 bits per heavy atom. The highest BCUT2D eigenvalue weighted by Crippen LogP contribution is 2.40. The molecule has 2 unspecified atom stereocenters. The maximum absolute atomic E-state index is 3.84. The van der Waals surface area contributed by atoms with Gasteiger partial charge in [-0.1, -0.05) is 63.7 Å². The fraction of sp³-hybridized carbons (Fsp3) is 0.810. The Morgan fingerprint density at radius 2 is 1.76 bits per heavy atom. The predicted molar refractivity (Wildman–Crippen MR) is 94.4 cm³/mol. The van der Waals surface area contributed by atoms with Crippen molar-refractivity contribution in [2.75, 3.05) is 0 Å². The minimum absolute atomic E-state index is 0.838. The van der Waals surface area contributed by atoms with Gasteiger partial charge in [-0.2, -0.15) is 0 Å². The molecule has 0 aliphatic heterocycles. The zero-order valence-electron chi connectivity index (χ0n) is 14.2. The quantitative estimate of drug-likeness (QED) is 0.336. The van der Waals surface area contributed by atoms with E-state index in [1.165, 1.54) is 77.0 Å². The monoisotopic (exact) mass is 288 g/mol. The Morgan fingerprint density at radius 1 is 0.952 bits per heavy atom. The summed E-state index contributed by atoms with van der Waals surface area (Å²) < 4.78 is 0. The first-order chi connectivity index (χ1) is 10.3. The maximum Gasteiger partial charge on any atom is -0.0205 e. The van der Waals surface area contributed by atoms with E-state index >= 15 is 0 Å². The van der Waals surface area contributed by atoms with Crippen LogP contribution in [0.5, 0.6) is 0 Å². The number of allylic oxidation sites excluding steroid dienone is 3. The molecule has 0 bridgehead atoms. The summed E-state index contributed by atoms with van der Waals surface area (Å²) in [7, 11) is 0. The molecule has 0 aromatic carbocycles. The lowest BCUT2D eigenvalue weighted by Gasteiger charge is -2.35. The van der Waals surface area contributed by atoms with E-state index in [2.05, 4.69) is 31.7 Å².